The van der Waals surface area contributed by atoms with Crippen molar-refractivity contribution in [2.45, 2.75) is 73.8 Å². The topological polar surface area (TPSA) is 70.6 Å². The summed E-state index contributed by atoms with van der Waals surface area (Å²) in [6.45, 7) is 17.2. The van der Waals surface area contributed by atoms with Gasteiger partial charge in [-0.1, -0.05) is 32.9 Å². The van der Waals surface area contributed by atoms with E-state index in [1.54, 1.807) is 12.3 Å². The molecule has 44 heavy (non-hydrogen) atoms. The van der Waals surface area contributed by atoms with Crippen molar-refractivity contribution in [3.63, 3.8) is 0 Å². The van der Waals surface area contributed by atoms with E-state index in [4.69, 9.17) is 19.6 Å². The van der Waals surface area contributed by atoms with Gasteiger partial charge >= 0.3 is 0 Å². The third-order valence-electron chi connectivity index (χ3n) is 8.06. The van der Waals surface area contributed by atoms with Crippen LogP contribution in [0.1, 0.15) is 75.0 Å². The minimum absolute atomic E-state index is 0.167. The number of benzene rings is 3. The predicted molar refractivity (Wildman–Crippen MR) is 180 cm³/mol. The quantitative estimate of drug-likeness (QED) is 0.153. The molecule has 0 unspecified atom stereocenters. The van der Waals surface area contributed by atoms with E-state index in [1.807, 2.05) is 50.2 Å². The van der Waals surface area contributed by atoms with Crippen molar-refractivity contribution in [2.75, 3.05) is 6.61 Å². The number of rotatable bonds is 10. The van der Waals surface area contributed by atoms with Crippen molar-refractivity contribution in [3.05, 3.63) is 105 Å². The van der Waals surface area contributed by atoms with E-state index in [-0.39, 0.29) is 17.6 Å². The van der Waals surface area contributed by atoms with Gasteiger partial charge in [0.2, 0.25) is 0 Å². The summed E-state index contributed by atoms with van der Waals surface area (Å²) in [5, 5.41) is 5.31. The van der Waals surface area contributed by atoms with Crippen molar-refractivity contribution in [3.8, 4) is 28.6 Å². The predicted octanol–water partition coefficient (Wildman–Crippen LogP) is 8.36. The minimum Gasteiger partial charge on any atom is -0.494 e. The molecule has 7 nitrogen and oxygen atoms in total. The summed E-state index contributed by atoms with van der Waals surface area (Å²) in [5.74, 6) is 2.43. The molecule has 228 valence electrons. The number of para-hydroxylation sites is 1. The zero-order chi connectivity index (χ0) is 31.5. The lowest BCUT2D eigenvalue weighted by Crippen LogP contribution is -2.21. The number of fused-ring (bicyclic) bond motifs is 1. The highest BCUT2D eigenvalue weighted by molar-refractivity contribution is 5.84. The van der Waals surface area contributed by atoms with Gasteiger partial charge in [0.1, 0.15) is 11.5 Å². The van der Waals surface area contributed by atoms with E-state index >= 15 is 0 Å². The van der Waals surface area contributed by atoms with Crippen molar-refractivity contribution in [1.82, 2.24) is 14.2 Å². The molecule has 2 heterocycles. The number of aromatic nitrogens is 3. The fourth-order valence-electron chi connectivity index (χ4n) is 5.50. The van der Waals surface area contributed by atoms with Gasteiger partial charge < -0.3 is 14.0 Å². The second-order valence-electron chi connectivity index (χ2n) is 11.6. The number of aryl methyl sites for hydroxylation is 2. The fraction of sp³-hybridized carbons (Fsp3) is 0.324. The summed E-state index contributed by atoms with van der Waals surface area (Å²) >= 11 is 0. The first-order valence-electron chi connectivity index (χ1n) is 15.4. The molecule has 0 saturated carbocycles. The lowest BCUT2D eigenvalue weighted by atomic mass is 9.96. The molecule has 5 rings (SSSR count). The average Bonchev–Trinajstić information content (AvgIpc) is 3.29. The van der Waals surface area contributed by atoms with Crippen LogP contribution in [0.15, 0.2) is 76.6 Å². The third-order valence-corrected chi connectivity index (χ3v) is 8.06. The Morgan fingerprint density at radius 3 is 2.36 bits per heavy atom. The van der Waals surface area contributed by atoms with E-state index in [0.717, 1.165) is 57.2 Å². The maximum absolute atomic E-state index is 13.9. The SMILES string of the molecule is CCOc1cc(C)c(-c2nc3ccccc3c(=O)n2N=Cc2cc(C)n(-c3ccc(O[C@H](C)CC)cc3)c2C)cc1C(C)C. The normalized spacial score (nSPS) is 12.4. The number of nitrogens with zero attached hydrogens (tertiary/aromatic N) is 4. The Hall–Kier alpha value is -4.65. The monoisotopic (exact) mass is 590 g/mol. The molecular weight excluding hydrogens is 548 g/mol. The molecular formula is C37H42N4O3. The Labute approximate surface area is 259 Å². The molecule has 0 N–H and O–H groups in total. The van der Waals surface area contributed by atoms with Gasteiger partial charge in [-0.2, -0.15) is 9.78 Å². The Morgan fingerprint density at radius 2 is 1.68 bits per heavy atom. The van der Waals surface area contributed by atoms with Crippen LogP contribution in [0.5, 0.6) is 11.5 Å². The molecule has 2 aromatic heterocycles. The zero-order valence-electron chi connectivity index (χ0n) is 27.0. The number of ether oxygens (including phenoxy) is 2. The van der Waals surface area contributed by atoms with Crippen LogP contribution < -0.4 is 15.0 Å². The Morgan fingerprint density at radius 1 is 0.955 bits per heavy atom. The first-order valence-corrected chi connectivity index (χ1v) is 15.4. The molecule has 0 saturated heterocycles. The Balaban J connectivity index is 1.61. The van der Waals surface area contributed by atoms with Crippen LogP contribution in [0.3, 0.4) is 0 Å². The van der Waals surface area contributed by atoms with Gasteiger partial charge in [-0.15, -0.1) is 0 Å². The Kier molecular flexibility index (Phi) is 9.04. The summed E-state index contributed by atoms with van der Waals surface area (Å²) in [6.07, 6.45) is 2.88. The molecule has 0 aliphatic rings. The lowest BCUT2D eigenvalue weighted by molar-refractivity contribution is 0.217. The van der Waals surface area contributed by atoms with Crippen molar-refractivity contribution >= 4 is 17.1 Å². The van der Waals surface area contributed by atoms with Crippen LogP contribution in [-0.4, -0.2) is 33.2 Å². The van der Waals surface area contributed by atoms with Gasteiger partial charge in [0.25, 0.3) is 5.56 Å². The zero-order valence-corrected chi connectivity index (χ0v) is 27.0. The fourth-order valence-corrected chi connectivity index (χ4v) is 5.50. The Bertz CT molecular complexity index is 1880. The molecule has 0 spiro atoms. The van der Waals surface area contributed by atoms with Gasteiger partial charge in [0.15, 0.2) is 5.82 Å². The smallest absolute Gasteiger partial charge is 0.282 e. The van der Waals surface area contributed by atoms with Crippen LogP contribution in [0.25, 0.3) is 28.0 Å². The van der Waals surface area contributed by atoms with Crippen LogP contribution >= 0.6 is 0 Å². The molecule has 0 bridgehead atoms. The van der Waals surface area contributed by atoms with E-state index in [9.17, 15) is 4.79 Å². The summed E-state index contributed by atoms with van der Waals surface area (Å²) < 4.78 is 15.5. The van der Waals surface area contributed by atoms with Crippen molar-refractivity contribution in [1.29, 1.82) is 0 Å². The highest BCUT2D eigenvalue weighted by Gasteiger charge is 2.19. The van der Waals surface area contributed by atoms with E-state index in [2.05, 4.69) is 70.4 Å². The van der Waals surface area contributed by atoms with E-state index in [0.29, 0.717) is 23.3 Å². The third kappa shape index (κ3) is 6.05. The first-order chi connectivity index (χ1) is 21.1. The van der Waals surface area contributed by atoms with Crippen molar-refractivity contribution < 1.29 is 9.47 Å². The van der Waals surface area contributed by atoms with Crippen LogP contribution in [0.2, 0.25) is 0 Å². The lowest BCUT2D eigenvalue weighted by Gasteiger charge is -2.18. The summed E-state index contributed by atoms with van der Waals surface area (Å²) in [5.41, 5.74) is 7.33. The van der Waals surface area contributed by atoms with Gasteiger partial charge in [0.05, 0.1) is 29.8 Å². The van der Waals surface area contributed by atoms with Crippen molar-refractivity contribution in [2.24, 2.45) is 5.10 Å². The average molecular weight is 591 g/mol. The van der Waals surface area contributed by atoms with Gasteiger partial charge in [-0.3, -0.25) is 4.79 Å². The number of hydrogen-bond acceptors (Lipinski definition) is 5. The standard InChI is InChI=1S/C37H42N4O3/c1-9-26(7)44-30-17-15-29(16-18-30)40-25(6)20-28(27(40)8)22-38-41-36(39-34-14-12-11-13-31(34)37(41)42)33-21-32(23(3)4)35(43-10-2)19-24(33)5/h11-23,26H,9-10H2,1-8H3/t26-/m1/s1. The van der Waals surface area contributed by atoms with Crippen LogP contribution in [0, 0.1) is 20.8 Å². The highest BCUT2D eigenvalue weighted by Crippen LogP contribution is 2.34. The number of hydrogen-bond donors (Lipinski definition) is 0. The first kappa shape index (κ1) is 30.8. The molecule has 3 aromatic carbocycles. The second kappa shape index (κ2) is 12.9. The minimum atomic E-state index is -0.216. The molecule has 0 aliphatic carbocycles. The second-order valence-corrected chi connectivity index (χ2v) is 11.6. The van der Waals surface area contributed by atoms with E-state index < -0.39 is 0 Å². The summed E-state index contributed by atoms with van der Waals surface area (Å²) in [7, 11) is 0. The maximum Gasteiger partial charge on any atom is 0.282 e. The summed E-state index contributed by atoms with van der Waals surface area (Å²) in [6, 6.07) is 21.8. The maximum atomic E-state index is 13.9. The van der Waals surface area contributed by atoms with Crippen LogP contribution in [0.4, 0.5) is 0 Å². The molecule has 0 amide bonds. The molecule has 1 atom stereocenters. The van der Waals surface area contributed by atoms with Gasteiger partial charge in [-0.05, 0) is 113 Å². The molecule has 0 radical (unpaired) electrons. The summed E-state index contributed by atoms with van der Waals surface area (Å²) in [4.78, 5) is 18.9. The largest absolute Gasteiger partial charge is 0.494 e. The van der Waals surface area contributed by atoms with Gasteiger partial charge in [-0.25, -0.2) is 4.98 Å². The molecule has 0 aliphatic heterocycles. The molecule has 5 aromatic rings. The molecule has 7 heteroatoms. The highest BCUT2D eigenvalue weighted by atomic mass is 16.5. The van der Waals surface area contributed by atoms with Gasteiger partial charge in [0, 0.05) is 28.2 Å². The van der Waals surface area contributed by atoms with Crippen LogP contribution in [-0.2, 0) is 0 Å². The molecule has 0 fully saturated rings. The van der Waals surface area contributed by atoms with E-state index in [1.165, 1.54) is 4.68 Å².